The molecule has 0 saturated carbocycles. The molecule has 3 aromatic rings. The molecular weight excluding hydrogens is 438 g/mol. The topological polar surface area (TPSA) is 69.0 Å². The first-order valence-electron chi connectivity index (χ1n) is 9.48. The van der Waals surface area contributed by atoms with Crippen molar-refractivity contribution in [3.05, 3.63) is 75.3 Å². The van der Waals surface area contributed by atoms with Crippen LogP contribution in [0.15, 0.2) is 57.9 Å². The molecule has 3 heterocycles. The quantitative estimate of drug-likeness (QED) is 0.460. The van der Waals surface area contributed by atoms with Gasteiger partial charge in [-0.05, 0) is 48.5 Å². The number of hydrogen-bond donors (Lipinski definition) is 0. The highest BCUT2D eigenvalue weighted by atomic mass is 35.5. The highest BCUT2D eigenvalue weighted by Crippen LogP contribution is 2.39. The van der Waals surface area contributed by atoms with E-state index < -0.39 is 5.91 Å². The highest BCUT2D eigenvalue weighted by Gasteiger charge is 2.36. The number of ether oxygens (including phenoxy) is 2. The van der Waals surface area contributed by atoms with Gasteiger partial charge >= 0.3 is 0 Å². The normalized spacial score (nSPS) is 16.6. The van der Waals surface area contributed by atoms with Crippen LogP contribution >= 0.6 is 23.4 Å². The molecule has 1 saturated heterocycles. The second kappa shape index (κ2) is 7.83. The Bertz CT molecular complexity index is 1250. The maximum Gasteiger partial charge on any atom is 0.293 e. The molecule has 0 aliphatic carbocycles. The van der Waals surface area contributed by atoms with Gasteiger partial charge in [-0.3, -0.25) is 14.5 Å². The number of benzene rings is 2. The van der Waals surface area contributed by atoms with Crippen LogP contribution in [0.25, 0.3) is 17.4 Å². The van der Waals surface area contributed by atoms with E-state index in [9.17, 15) is 9.59 Å². The lowest BCUT2D eigenvalue weighted by molar-refractivity contribution is -0.123. The van der Waals surface area contributed by atoms with E-state index in [4.69, 9.17) is 25.5 Å². The average Bonchev–Trinajstić information content (AvgIpc) is 3.45. The third-order valence-corrected chi connectivity index (χ3v) is 6.21. The van der Waals surface area contributed by atoms with Gasteiger partial charge in [-0.25, -0.2) is 0 Å². The fourth-order valence-electron chi connectivity index (χ4n) is 3.40. The first kappa shape index (κ1) is 19.8. The molecule has 5 rings (SSSR count). The zero-order valence-electron chi connectivity index (χ0n) is 16.4. The summed E-state index contributed by atoms with van der Waals surface area (Å²) in [4.78, 5) is 26.8. The standard InChI is InChI=1S/C23H16ClNO5S/c1-13-3-2-4-14(7-13)18-6-5-16(30-18)9-21-22(26)25(23(27)31-21)11-15-8-19-20(10-17(15)24)29-12-28-19/h2-10H,11-12H2,1H3/b21-9-. The van der Waals surface area contributed by atoms with E-state index in [0.29, 0.717) is 38.5 Å². The Kier molecular flexibility index (Phi) is 5.00. The molecule has 0 bridgehead atoms. The Balaban J connectivity index is 1.36. The summed E-state index contributed by atoms with van der Waals surface area (Å²) in [5, 5.41) is 0.0385. The van der Waals surface area contributed by atoms with E-state index in [-0.39, 0.29) is 18.6 Å². The van der Waals surface area contributed by atoms with Gasteiger partial charge < -0.3 is 13.9 Å². The van der Waals surface area contributed by atoms with E-state index in [2.05, 4.69) is 0 Å². The third kappa shape index (κ3) is 3.82. The molecule has 31 heavy (non-hydrogen) atoms. The van der Waals surface area contributed by atoms with Gasteiger partial charge in [-0.2, -0.15) is 0 Å². The summed E-state index contributed by atoms with van der Waals surface area (Å²) in [7, 11) is 0. The predicted molar refractivity (Wildman–Crippen MR) is 118 cm³/mol. The fraction of sp³-hybridized carbons (Fsp3) is 0.130. The molecular formula is C23H16ClNO5S. The van der Waals surface area contributed by atoms with Gasteiger partial charge in [0.05, 0.1) is 11.4 Å². The molecule has 1 fully saturated rings. The van der Waals surface area contributed by atoms with Gasteiger partial charge in [-0.15, -0.1) is 0 Å². The number of nitrogens with zero attached hydrogens (tertiary/aromatic N) is 1. The van der Waals surface area contributed by atoms with Gasteiger partial charge in [0.2, 0.25) is 6.79 Å². The zero-order valence-corrected chi connectivity index (χ0v) is 18.0. The monoisotopic (exact) mass is 453 g/mol. The van der Waals surface area contributed by atoms with Crippen molar-refractivity contribution in [2.24, 2.45) is 0 Å². The Morgan fingerprint density at radius 1 is 1.10 bits per heavy atom. The number of hydrogen-bond acceptors (Lipinski definition) is 6. The van der Waals surface area contributed by atoms with Gasteiger partial charge in [0.15, 0.2) is 11.5 Å². The van der Waals surface area contributed by atoms with Gasteiger partial charge in [0.1, 0.15) is 11.5 Å². The number of fused-ring (bicyclic) bond motifs is 1. The summed E-state index contributed by atoms with van der Waals surface area (Å²) in [5.74, 6) is 1.90. The Morgan fingerprint density at radius 3 is 2.71 bits per heavy atom. The summed E-state index contributed by atoms with van der Waals surface area (Å²) in [6, 6.07) is 14.9. The maximum absolute atomic E-state index is 12.9. The van der Waals surface area contributed by atoms with E-state index in [1.165, 1.54) is 0 Å². The number of carbonyl (C=O) groups excluding carboxylic acids is 2. The average molecular weight is 454 g/mol. The molecule has 0 N–H and O–H groups in total. The second-order valence-electron chi connectivity index (χ2n) is 7.14. The lowest BCUT2D eigenvalue weighted by Crippen LogP contribution is -2.27. The number of rotatable bonds is 4. The highest BCUT2D eigenvalue weighted by molar-refractivity contribution is 8.18. The molecule has 8 heteroatoms. The number of thioether (sulfide) groups is 1. The zero-order chi connectivity index (χ0) is 21.5. The van der Waals surface area contributed by atoms with Crippen LogP contribution < -0.4 is 9.47 Å². The van der Waals surface area contributed by atoms with Crippen LogP contribution in [0.3, 0.4) is 0 Å². The number of imide groups is 1. The number of halogens is 1. The van der Waals surface area contributed by atoms with Crippen molar-refractivity contribution in [1.29, 1.82) is 0 Å². The van der Waals surface area contributed by atoms with Gasteiger partial charge in [0, 0.05) is 22.7 Å². The van der Waals surface area contributed by atoms with Crippen LogP contribution in [0.4, 0.5) is 4.79 Å². The number of carbonyl (C=O) groups is 2. The molecule has 0 spiro atoms. The molecule has 2 amide bonds. The van der Waals surface area contributed by atoms with E-state index >= 15 is 0 Å². The minimum atomic E-state index is -0.391. The van der Waals surface area contributed by atoms with Crippen molar-refractivity contribution >= 4 is 40.6 Å². The summed E-state index contributed by atoms with van der Waals surface area (Å²) in [6.45, 7) is 2.17. The molecule has 156 valence electrons. The van der Waals surface area contributed by atoms with Crippen LogP contribution in [-0.2, 0) is 11.3 Å². The Morgan fingerprint density at radius 2 is 1.90 bits per heavy atom. The van der Waals surface area contributed by atoms with E-state index in [1.54, 1.807) is 24.3 Å². The molecule has 0 radical (unpaired) electrons. The van der Waals surface area contributed by atoms with Gasteiger partial charge in [0.25, 0.3) is 11.1 Å². The Hall–Kier alpha value is -3.16. The smallest absolute Gasteiger partial charge is 0.293 e. The van der Waals surface area contributed by atoms with Crippen molar-refractivity contribution in [3.8, 4) is 22.8 Å². The minimum absolute atomic E-state index is 0.0458. The first-order chi connectivity index (χ1) is 15.0. The van der Waals surface area contributed by atoms with Crippen LogP contribution in [-0.4, -0.2) is 22.8 Å². The van der Waals surface area contributed by atoms with Crippen LogP contribution in [0.1, 0.15) is 16.9 Å². The van der Waals surface area contributed by atoms with E-state index in [0.717, 1.165) is 27.8 Å². The SMILES string of the molecule is Cc1cccc(-c2ccc(/C=C3\SC(=O)N(Cc4cc5c(cc4Cl)OCO5)C3=O)o2)c1. The van der Waals surface area contributed by atoms with Crippen LogP contribution in [0.5, 0.6) is 11.5 Å². The fourth-order valence-corrected chi connectivity index (χ4v) is 4.43. The van der Waals surface area contributed by atoms with Crippen molar-refractivity contribution in [3.63, 3.8) is 0 Å². The Labute approximate surface area is 187 Å². The largest absolute Gasteiger partial charge is 0.457 e. The summed E-state index contributed by atoms with van der Waals surface area (Å²) in [5.41, 5.74) is 2.68. The third-order valence-electron chi connectivity index (χ3n) is 4.95. The molecule has 2 aliphatic heterocycles. The predicted octanol–water partition coefficient (Wildman–Crippen LogP) is 5.87. The summed E-state index contributed by atoms with van der Waals surface area (Å²) >= 11 is 7.17. The van der Waals surface area contributed by atoms with Crippen molar-refractivity contribution < 1.29 is 23.5 Å². The second-order valence-corrected chi connectivity index (χ2v) is 8.54. The van der Waals surface area contributed by atoms with Crippen LogP contribution in [0.2, 0.25) is 5.02 Å². The van der Waals surface area contributed by atoms with Crippen LogP contribution in [0, 0.1) is 6.92 Å². The summed E-state index contributed by atoms with van der Waals surface area (Å²) in [6.07, 6.45) is 1.59. The molecule has 2 aromatic carbocycles. The molecule has 1 aromatic heterocycles. The van der Waals surface area contributed by atoms with Crippen molar-refractivity contribution in [2.45, 2.75) is 13.5 Å². The van der Waals surface area contributed by atoms with Gasteiger partial charge in [-0.1, -0.05) is 35.4 Å². The number of aryl methyl sites for hydroxylation is 1. The first-order valence-corrected chi connectivity index (χ1v) is 10.7. The molecule has 0 atom stereocenters. The molecule has 0 unspecified atom stereocenters. The minimum Gasteiger partial charge on any atom is -0.457 e. The molecule has 6 nitrogen and oxygen atoms in total. The maximum atomic E-state index is 12.9. The number of amides is 2. The van der Waals surface area contributed by atoms with Crippen molar-refractivity contribution in [2.75, 3.05) is 6.79 Å². The lowest BCUT2D eigenvalue weighted by Gasteiger charge is -2.14. The van der Waals surface area contributed by atoms with Crippen molar-refractivity contribution in [1.82, 2.24) is 4.90 Å². The summed E-state index contributed by atoms with van der Waals surface area (Å²) < 4.78 is 16.5. The van der Waals surface area contributed by atoms with E-state index in [1.807, 2.05) is 37.3 Å². The molecule has 2 aliphatic rings. The number of furan rings is 1. The lowest BCUT2D eigenvalue weighted by atomic mass is 10.1.